The molecule has 126 valence electrons. The van der Waals surface area contributed by atoms with Crippen molar-refractivity contribution in [3.63, 3.8) is 0 Å². The van der Waals surface area contributed by atoms with Gasteiger partial charge in [-0.15, -0.1) is 0 Å². The van der Waals surface area contributed by atoms with Crippen LogP contribution in [0.5, 0.6) is 0 Å². The fourth-order valence-corrected chi connectivity index (χ4v) is 3.18. The lowest BCUT2D eigenvalue weighted by Gasteiger charge is -2.12. The van der Waals surface area contributed by atoms with Crippen molar-refractivity contribution < 1.29 is 0 Å². The van der Waals surface area contributed by atoms with Crippen LogP contribution in [0.15, 0.2) is 30.3 Å². The highest BCUT2D eigenvalue weighted by atomic mass is 15.1. The summed E-state index contributed by atoms with van der Waals surface area (Å²) in [7, 11) is 0. The Kier molecular flexibility index (Phi) is 4.70. The number of nitrogens with zero attached hydrogens (tertiary/aromatic N) is 3. The predicted octanol–water partition coefficient (Wildman–Crippen LogP) is 5.23. The topological polar surface area (TPSA) is 30.7 Å². The number of hydrogen-bond acceptors (Lipinski definition) is 2. The van der Waals surface area contributed by atoms with Gasteiger partial charge in [0, 0.05) is 17.3 Å². The van der Waals surface area contributed by atoms with Gasteiger partial charge in [-0.1, -0.05) is 46.8 Å². The van der Waals surface area contributed by atoms with Gasteiger partial charge >= 0.3 is 0 Å². The first-order chi connectivity index (χ1) is 11.6. The molecule has 24 heavy (non-hydrogen) atoms. The van der Waals surface area contributed by atoms with Crippen LogP contribution in [0.1, 0.15) is 63.3 Å². The highest BCUT2D eigenvalue weighted by Gasteiger charge is 2.18. The zero-order valence-corrected chi connectivity index (χ0v) is 15.4. The van der Waals surface area contributed by atoms with E-state index >= 15 is 0 Å². The molecule has 0 spiro atoms. The van der Waals surface area contributed by atoms with Crippen molar-refractivity contribution in [2.24, 2.45) is 0 Å². The van der Waals surface area contributed by atoms with Crippen molar-refractivity contribution in [3.8, 4) is 5.69 Å². The molecule has 3 heteroatoms. The van der Waals surface area contributed by atoms with Gasteiger partial charge in [0.15, 0.2) is 0 Å². The maximum Gasteiger partial charge on any atom is 0.117 e. The lowest BCUT2D eigenvalue weighted by molar-refractivity contribution is 0.759. The highest BCUT2D eigenvalue weighted by molar-refractivity contribution is 5.81. The normalized spacial score (nSPS) is 11.6. The summed E-state index contributed by atoms with van der Waals surface area (Å²) in [5.74, 6) is 1.47. The van der Waals surface area contributed by atoms with E-state index in [0.29, 0.717) is 5.92 Å². The van der Waals surface area contributed by atoms with Crippen molar-refractivity contribution in [1.82, 2.24) is 14.5 Å². The van der Waals surface area contributed by atoms with Gasteiger partial charge in [0.2, 0.25) is 0 Å². The molecule has 0 fully saturated rings. The van der Waals surface area contributed by atoms with Crippen LogP contribution in [-0.2, 0) is 19.3 Å². The Labute approximate surface area is 144 Å². The van der Waals surface area contributed by atoms with E-state index < -0.39 is 0 Å². The average molecular weight is 321 g/mol. The monoisotopic (exact) mass is 321 g/mol. The molecule has 0 unspecified atom stereocenters. The summed E-state index contributed by atoms with van der Waals surface area (Å²) in [6, 6.07) is 11.1. The molecule has 0 saturated carbocycles. The summed E-state index contributed by atoms with van der Waals surface area (Å²) in [5, 5.41) is 0. The van der Waals surface area contributed by atoms with Crippen LogP contribution in [0, 0.1) is 0 Å². The van der Waals surface area contributed by atoms with Crippen molar-refractivity contribution in [3.05, 3.63) is 53.1 Å². The van der Waals surface area contributed by atoms with Gasteiger partial charge in [-0.25, -0.2) is 4.98 Å². The van der Waals surface area contributed by atoms with E-state index in [4.69, 9.17) is 9.97 Å². The molecule has 0 atom stereocenters. The van der Waals surface area contributed by atoms with Gasteiger partial charge in [-0.2, -0.15) is 0 Å². The Hall–Kier alpha value is -2.16. The van der Waals surface area contributed by atoms with Crippen LogP contribution in [0.2, 0.25) is 0 Å². The van der Waals surface area contributed by atoms with Crippen molar-refractivity contribution in [2.45, 2.75) is 59.8 Å². The molecule has 3 rings (SSSR count). The maximum atomic E-state index is 4.98. The summed E-state index contributed by atoms with van der Waals surface area (Å²) in [5.41, 5.74) is 7.04. The van der Waals surface area contributed by atoms with Crippen LogP contribution in [-0.4, -0.2) is 14.5 Å². The molecule has 0 amide bonds. The first-order valence-corrected chi connectivity index (χ1v) is 9.09. The minimum absolute atomic E-state index is 0.359. The molecule has 3 aromatic rings. The van der Waals surface area contributed by atoms with E-state index in [-0.39, 0.29) is 0 Å². The third kappa shape index (κ3) is 2.83. The van der Waals surface area contributed by atoms with Crippen LogP contribution in [0.25, 0.3) is 16.7 Å². The van der Waals surface area contributed by atoms with E-state index in [9.17, 15) is 0 Å². The number of pyridine rings is 1. The van der Waals surface area contributed by atoms with Gasteiger partial charge < -0.3 is 0 Å². The van der Waals surface area contributed by atoms with Gasteiger partial charge in [-0.3, -0.25) is 9.55 Å². The summed E-state index contributed by atoms with van der Waals surface area (Å²) < 4.78 is 2.32. The molecule has 0 radical (unpaired) electrons. The summed E-state index contributed by atoms with van der Waals surface area (Å²) in [6.45, 7) is 10.9. The highest BCUT2D eigenvalue weighted by Crippen LogP contribution is 2.28. The molecule has 2 heterocycles. The van der Waals surface area contributed by atoms with Gasteiger partial charge in [0.25, 0.3) is 0 Å². The minimum Gasteiger partial charge on any atom is -0.296 e. The average Bonchev–Trinajstić information content (AvgIpc) is 3.00. The number of benzene rings is 1. The van der Waals surface area contributed by atoms with E-state index in [1.807, 2.05) is 0 Å². The lowest BCUT2D eigenvalue weighted by atomic mass is 10.1. The van der Waals surface area contributed by atoms with E-state index in [1.165, 1.54) is 16.8 Å². The zero-order valence-electron chi connectivity index (χ0n) is 15.4. The minimum atomic E-state index is 0.359. The summed E-state index contributed by atoms with van der Waals surface area (Å²) in [6.07, 6.45) is 2.92. The fourth-order valence-electron chi connectivity index (χ4n) is 3.18. The SMILES string of the molecule is CCc1ccc(-n2c(C(C)C)nc3c(CC)nc(CC)cc32)cc1. The second-order valence-corrected chi connectivity index (χ2v) is 6.62. The Morgan fingerprint density at radius 2 is 1.62 bits per heavy atom. The number of aryl methyl sites for hydroxylation is 3. The smallest absolute Gasteiger partial charge is 0.117 e. The molecule has 0 bridgehead atoms. The Morgan fingerprint density at radius 1 is 0.917 bits per heavy atom. The molecule has 0 aliphatic carbocycles. The molecular weight excluding hydrogens is 294 g/mol. The molecule has 0 saturated heterocycles. The molecular formula is C21H27N3. The van der Waals surface area contributed by atoms with Gasteiger partial charge in [-0.05, 0) is 43.0 Å². The molecule has 2 aromatic heterocycles. The zero-order chi connectivity index (χ0) is 17.3. The predicted molar refractivity (Wildman–Crippen MR) is 101 cm³/mol. The van der Waals surface area contributed by atoms with Gasteiger partial charge in [0.05, 0.1) is 11.2 Å². The Bertz CT molecular complexity index is 842. The van der Waals surface area contributed by atoms with E-state index in [0.717, 1.165) is 42.0 Å². The maximum absolute atomic E-state index is 4.98. The third-order valence-corrected chi connectivity index (χ3v) is 4.61. The summed E-state index contributed by atoms with van der Waals surface area (Å²) >= 11 is 0. The number of rotatable bonds is 5. The lowest BCUT2D eigenvalue weighted by Crippen LogP contribution is -2.03. The molecule has 0 aliphatic rings. The standard InChI is InChI=1S/C21H27N3/c1-6-15-9-11-17(12-10-15)24-19-13-16(7-2)22-18(8-3)20(19)23-21(24)14(4)5/h9-14H,6-8H2,1-5H3. The second-order valence-electron chi connectivity index (χ2n) is 6.62. The first kappa shape index (κ1) is 16.7. The number of aromatic nitrogens is 3. The molecule has 3 nitrogen and oxygen atoms in total. The van der Waals surface area contributed by atoms with Crippen LogP contribution < -0.4 is 0 Å². The number of imidazole rings is 1. The Morgan fingerprint density at radius 3 is 2.17 bits per heavy atom. The fraction of sp³-hybridized carbons (Fsp3) is 0.429. The van der Waals surface area contributed by atoms with Crippen molar-refractivity contribution >= 4 is 11.0 Å². The van der Waals surface area contributed by atoms with E-state index in [2.05, 4.69) is 69.5 Å². The summed E-state index contributed by atoms with van der Waals surface area (Å²) in [4.78, 5) is 9.77. The largest absolute Gasteiger partial charge is 0.296 e. The van der Waals surface area contributed by atoms with Crippen molar-refractivity contribution in [1.29, 1.82) is 0 Å². The number of fused-ring (bicyclic) bond motifs is 1. The second kappa shape index (κ2) is 6.76. The van der Waals surface area contributed by atoms with Gasteiger partial charge in [0.1, 0.15) is 11.3 Å². The number of hydrogen-bond donors (Lipinski definition) is 0. The van der Waals surface area contributed by atoms with E-state index in [1.54, 1.807) is 0 Å². The molecule has 0 aliphatic heterocycles. The quantitative estimate of drug-likeness (QED) is 0.644. The third-order valence-electron chi connectivity index (χ3n) is 4.61. The Balaban J connectivity index is 2.32. The van der Waals surface area contributed by atoms with Crippen LogP contribution in [0.3, 0.4) is 0 Å². The van der Waals surface area contributed by atoms with Crippen LogP contribution in [0.4, 0.5) is 0 Å². The first-order valence-electron chi connectivity index (χ1n) is 9.09. The molecule has 0 N–H and O–H groups in total. The van der Waals surface area contributed by atoms with Crippen molar-refractivity contribution in [2.75, 3.05) is 0 Å². The van der Waals surface area contributed by atoms with Crippen LogP contribution >= 0.6 is 0 Å². The molecule has 1 aromatic carbocycles.